The van der Waals surface area contributed by atoms with E-state index in [1.165, 1.54) is 25.9 Å². The third kappa shape index (κ3) is 6.53. The number of likely N-dealkylation sites (N-methyl/N-ethyl adjacent to an activating group) is 1. The highest BCUT2D eigenvalue weighted by Crippen LogP contribution is 2.37. The summed E-state index contributed by atoms with van der Waals surface area (Å²) in [6, 6.07) is 19.4. The van der Waals surface area contributed by atoms with E-state index in [0.717, 1.165) is 77.6 Å². The number of rotatable bonds is 6. The average molecular weight is 597 g/mol. The second kappa shape index (κ2) is 13.0. The molecule has 1 aliphatic carbocycles. The number of nitrogens with one attached hydrogen (secondary N) is 1. The van der Waals surface area contributed by atoms with Gasteiger partial charge in [0.1, 0.15) is 29.2 Å². The minimum Gasteiger partial charge on any atom is -0.481 e. The number of piperazine rings is 1. The van der Waals surface area contributed by atoms with Gasteiger partial charge in [-0.15, -0.1) is 0 Å². The van der Waals surface area contributed by atoms with Gasteiger partial charge in [0.25, 0.3) is 5.97 Å². The fraction of sp³-hybridized carbons (Fsp3) is 0.394. The zero-order valence-corrected chi connectivity index (χ0v) is 25.3. The van der Waals surface area contributed by atoms with Crippen LogP contribution < -0.4 is 11.1 Å². The molecular formula is C33H40N8O3. The largest absolute Gasteiger partial charge is 0.481 e. The third-order valence-corrected chi connectivity index (χ3v) is 8.66. The van der Waals surface area contributed by atoms with Crippen LogP contribution >= 0.6 is 0 Å². The monoisotopic (exact) mass is 596 g/mol. The zero-order chi connectivity index (χ0) is 30.6. The number of nitrogens with two attached hydrogens (primary N) is 1. The molecule has 11 nitrogen and oxygen atoms in total. The number of aromatic nitrogens is 4. The number of hydrogen-bond acceptors (Lipinski definition) is 9. The van der Waals surface area contributed by atoms with E-state index in [2.05, 4.69) is 67.1 Å². The number of aliphatic carboxylic acids is 1. The van der Waals surface area contributed by atoms with Crippen molar-refractivity contribution in [3.63, 3.8) is 0 Å². The normalized spacial score (nSPS) is 19.5. The lowest BCUT2D eigenvalue weighted by Gasteiger charge is -2.41. The summed E-state index contributed by atoms with van der Waals surface area (Å²) in [5.74, 6) is 0.532. The number of hydrogen-bond donors (Lipinski definition) is 3. The number of carboxylic acids is 1. The molecule has 1 saturated carbocycles. The molecule has 2 aromatic carbocycles. The van der Waals surface area contributed by atoms with Gasteiger partial charge in [0, 0.05) is 55.8 Å². The molecule has 4 N–H and O–H groups in total. The van der Waals surface area contributed by atoms with Crippen LogP contribution in [0.4, 0.5) is 11.5 Å². The summed E-state index contributed by atoms with van der Waals surface area (Å²) in [4.78, 5) is 23.1. The van der Waals surface area contributed by atoms with Gasteiger partial charge in [-0.3, -0.25) is 9.69 Å². The van der Waals surface area contributed by atoms with Crippen molar-refractivity contribution in [2.24, 2.45) is 0 Å². The first-order valence-electron chi connectivity index (χ1n) is 15.3. The number of anilines is 2. The van der Waals surface area contributed by atoms with Gasteiger partial charge in [0.15, 0.2) is 5.65 Å². The summed E-state index contributed by atoms with van der Waals surface area (Å²) in [5.41, 5.74) is 11.0. The predicted molar refractivity (Wildman–Crippen MR) is 172 cm³/mol. The quantitative estimate of drug-likeness (QED) is 0.238. The molecule has 4 heterocycles. The molecule has 7 rings (SSSR count). The van der Waals surface area contributed by atoms with Crippen molar-refractivity contribution in [1.82, 2.24) is 29.5 Å². The fourth-order valence-electron chi connectivity index (χ4n) is 6.40. The number of nitrogen functional groups attached to an aromatic ring is 1. The summed E-state index contributed by atoms with van der Waals surface area (Å²) in [6.07, 6.45) is 6.12. The molecule has 5 aromatic rings. The first-order valence-corrected chi connectivity index (χ1v) is 15.3. The van der Waals surface area contributed by atoms with Crippen LogP contribution in [-0.4, -0.2) is 79.9 Å². The molecule has 0 amide bonds. The first kappa shape index (κ1) is 29.6. The maximum atomic E-state index is 9.00. The van der Waals surface area contributed by atoms with Crippen LogP contribution in [0.5, 0.6) is 0 Å². The number of carboxylic acid groups (broad SMARTS) is 1. The van der Waals surface area contributed by atoms with Crippen LogP contribution in [0.25, 0.3) is 33.3 Å². The minimum atomic E-state index is -0.833. The van der Waals surface area contributed by atoms with E-state index in [-0.39, 0.29) is 0 Å². The predicted octanol–water partition coefficient (Wildman–Crippen LogP) is 5.26. The van der Waals surface area contributed by atoms with E-state index in [1.54, 1.807) is 6.33 Å². The van der Waals surface area contributed by atoms with Crippen LogP contribution in [-0.2, 0) is 11.3 Å². The maximum absolute atomic E-state index is 9.00. The topological polar surface area (TPSA) is 139 Å². The van der Waals surface area contributed by atoms with E-state index in [9.17, 15) is 0 Å². The lowest BCUT2D eigenvalue weighted by Crippen LogP contribution is -2.49. The molecule has 0 unspecified atom stereocenters. The Morgan fingerprint density at radius 1 is 1.00 bits per heavy atom. The van der Waals surface area contributed by atoms with Gasteiger partial charge in [-0.2, -0.15) is 5.10 Å². The van der Waals surface area contributed by atoms with E-state index in [4.69, 9.17) is 25.2 Å². The average Bonchev–Trinajstić information content (AvgIpc) is 3.63. The number of benzene rings is 2. The van der Waals surface area contributed by atoms with Gasteiger partial charge >= 0.3 is 0 Å². The van der Waals surface area contributed by atoms with Crippen molar-refractivity contribution >= 4 is 39.5 Å². The number of carbonyl (C=O) groups is 1. The van der Waals surface area contributed by atoms with E-state index in [0.29, 0.717) is 24.4 Å². The van der Waals surface area contributed by atoms with Crippen LogP contribution in [0, 0.1) is 0 Å². The molecule has 0 radical (unpaired) electrons. The van der Waals surface area contributed by atoms with E-state index in [1.807, 2.05) is 24.3 Å². The number of nitrogens with zero attached hydrogens (tertiary/aromatic N) is 6. The van der Waals surface area contributed by atoms with Gasteiger partial charge in [0.2, 0.25) is 0 Å². The van der Waals surface area contributed by atoms with Crippen molar-refractivity contribution in [3.8, 4) is 11.3 Å². The molecular weight excluding hydrogens is 556 g/mol. The Labute approximate surface area is 256 Å². The van der Waals surface area contributed by atoms with Crippen LogP contribution in [0.1, 0.15) is 44.4 Å². The number of furan rings is 1. The lowest BCUT2D eigenvalue weighted by molar-refractivity contribution is -0.134. The van der Waals surface area contributed by atoms with Gasteiger partial charge in [-0.05, 0) is 57.0 Å². The molecule has 11 heteroatoms. The van der Waals surface area contributed by atoms with Crippen molar-refractivity contribution in [2.75, 3.05) is 44.3 Å². The molecule has 1 saturated heterocycles. The minimum absolute atomic E-state index is 0.309. The fourth-order valence-corrected chi connectivity index (χ4v) is 6.40. The molecule has 0 bridgehead atoms. The Kier molecular flexibility index (Phi) is 8.76. The van der Waals surface area contributed by atoms with Gasteiger partial charge in [-0.25, -0.2) is 14.6 Å². The molecule has 2 fully saturated rings. The Morgan fingerprint density at radius 2 is 1.73 bits per heavy atom. The summed E-state index contributed by atoms with van der Waals surface area (Å²) in [5, 5.41) is 18.0. The Morgan fingerprint density at radius 3 is 2.48 bits per heavy atom. The van der Waals surface area contributed by atoms with Crippen molar-refractivity contribution < 1.29 is 14.3 Å². The van der Waals surface area contributed by atoms with Gasteiger partial charge in [-0.1, -0.05) is 30.3 Å². The summed E-state index contributed by atoms with van der Waals surface area (Å²) in [6.45, 7) is 6.34. The SMILES string of the molecule is CC(=O)O.CN1CCN(C2CCC(n3nc(-c4cccc(NCc5cc6ccccc6o5)c4)c4c(N)ncnc43)CC2)CC1. The molecule has 0 spiro atoms. The highest BCUT2D eigenvalue weighted by Gasteiger charge is 2.30. The first-order chi connectivity index (χ1) is 21.4. The summed E-state index contributed by atoms with van der Waals surface area (Å²) >= 11 is 0. The Balaban J connectivity index is 0.000000810. The lowest BCUT2D eigenvalue weighted by atomic mass is 9.90. The highest BCUT2D eigenvalue weighted by atomic mass is 16.4. The van der Waals surface area contributed by atoms with Gasteiger partial charge in [0.05, 0.1) is 18.0 Å². The molecule has 2 aliphatic rings. The third-order valence-electron chi connectivity index (χ3n) is 8.66. The molecule has 44 heavy (non-hydrogen) atoms. The Bertz CT molecular complexity index is 1690. The van der Waals surface area contributed by atoms with Gasteiger partial charge < -0.3 is 25.5 Å². The van der Waals surface area contributed by atoms with E-state index < -0.39 is 5.97 Å². The second-order valence-electron chi connectivity index (χ2n) is 11.8. The Hall–Kier alpha value is -4.48. The molecule has 1 aliphatic heterocycles. The molecule has 3 aromatic heterocycles. The standard InChI is InChI=1S/C31H36N8O.C2H4O2/c1-37-13-15-38(16-14-37)24-9-11-25(12-10-24)39-31-28(30(32)34-20-35-31)29(36-39)22-6-4-7-23(17-22)33-19-26-18-21-5-2-3-8-27(21)40-26;1-2(3)4/h2-8,17-18,20,24-25,33H,9-16,19H2,1H3,(H2,32,34,35);1H3,(H,3,4). The van der Waals surface area contributed by atoms with Crippen LogP contribution in [0.15, 0.2) is 65.3 Å². The summed E-state index contributed by atoms with van der Waals surface area (Å²) < 4.78 is 8.11. The van der Waals surface area contributed by atoms with Crippen molar-refractivity contribution in [3.05, 3.63) is 66.7 Å². The number of fused-ring (bicyclic) bond motifs is 2. The zero-order valence-electron chi connectivity index (χ0n) is 25.3. The van der Waals surface area contributed by atoms with Crippen LogP contribution in [0.2, 0.25) is 0 Å². The van der Waals surface area contributed by atoms with Crippen molar-refractivity contribution in [2.45, 2.75) is 51.2 Å². The summed E-state index contributed by atoms with van der Waals surface area (Å²) in [7, 11) is 2.22. The maximum Gasteiger partial charge on any atom is 0.300 e. The molecule has 0 atom stereocenters. The second-order valence-corrected chi connectivity index (χ2v) is 11.8. The smallest absolute Gasteiger partial charge is 0.300 e. The number of para-hydroxylation sites is 1. The van der Waals surface area contributed by atoms with E-state index >= 15 is 0 Å². The molecule has 230 valence electrons. The van der Waals surface area contributed by atoms with Crippen molar-refractivity contribution in [1.29, 1.82) is 0 Å². The highest BCUT2D eigenvalue weighted by molar-refractivity contribution is 5.98. The van der Waals surface area contributed by atoms with Crippen LogP contribution in [0.3, 0.4) is 0 Å².